The molecule has 2 aromatic rings. The lowest BCUT2D eigenvalue weighted by atomic mass is 9.99. The average molecular weight is 413 g/mol. The summed E-state index contributed by atoms with van der Waals surface area (Å²) < 4.78 is 5.53. The lowest BCUT2D eigenvalue weighted by Crippen LogP contribution is -2.54. The van der Waals surface area contributed by atoms with Crippen LogP contribution in [0.25, 0.3) is 0 Å². The van der Waals surface area contributed by atoms with Crippen LogP contribution in [-0.4, -0.2) is 22.0 Å². The van der Waals surface area contributed by atoms with Crippen molar-refractivity contribution >= 4 is 46.4 Å². The number of hydrogen-bond donors (Lipinski definition) is 2. The van der Waals surface area contributed by atoms with E-state index in [0.717, 1.165) is 5.56 Å². The molecule has 0 saturated carbocycles. The number of phenols is 1. The molecule has 2 aromatic carbocycles. The van der Waals surface area contributed by atoms with E-state index in [-0.39, 0.29) is 16.4 Å². The Morgan fingerprint density at radius 2 is 1.93 bits per heavy atom. The van der Waals surface area contributed by atoms with Crippen LogP contribution in [0, 0.1) is 0 Å². The summed E-state index contributed by atoms with van der Waals surface area (Å²) in [5.74, 6) is -0.396. The average Bonchev–Trinajstić information content (AvgIpc) is 2.66. The fraction of sp³-hybridized carbons (Fsp3) is 0.0500. The highest BCUT2D eigenvalue weighted by Crippen LogP contribution is 2.31. The number of benzene rings is 2. The largest absolute Gasteiger partial charge is 0.508 e. The van der Waals surface area contributed by atoms with E-state index in [9.17, 15) is 14.7 Å². The van der Waals surface area contributed by atoms with Crippen LogP contribution >= 0.6 is 23.8 Å². The van der Waals surface area contributed by atoms with Crippen LogP contribution in [0.1, 0.15) is 5.56 Å². The number of hydrogen-bond acceptors (Lipinski definition) is 5. The maximum absolute atomic E-state index is 13.0. The quantitative estimate of drug-likeness (QED) is 0.450. The number of aromatic hydroxyl groups is 1. The van der Waals surface area contributed by atoms with Gasteiger partial charge < -0.3 is 9.84 Å². The molecule has 2 aliphatic heterocycles. The third-order valence-corrected chi connectivity index (χ3v) is 4.83. The van der Waals surface area contributed by atoms with Crippen LogP contribution in [0.5, 0.6) is 11.5 Å². The van der Waals surface area contributed by atoms with E-state index in [1.165, 1.54) is 23.3 Å². The van der Waals surface area contributed by atoms with Crippen molar-refractivity contribution in [3.05, 3.63) is 76.5 Å². The van der Waals surface area contributed by atoms with E-state index in [0.29, 0.717) is 28.5 Å². The molecular weight excluding hydrogens is 400 g/mol. The van der Waals surface area contributed by atoms with Gasteiger partial charge in [0.15, 0.2) is 5.11 Å². The molecule has 1 fully saturated rings. The van der Waals surface area contributed by atoms with Gasteiger partial charge in [-0.1, -0.05) is 11.6 Å². The van der Waals surface area contributed by atoms with Crippen LogP contribution in [0.2, 0.25) is 5.02 Å². The van der Waals surface area contributed by atoms with Gasteiger partial charge in [-0.25, -0.2) is 0 Å². The second kappa shape index (κ2) is 7.10. The molecule has 4 rings (SSSR count). The third kappa shape index (κ3) is 3.37. The van der Waals surface area contributed by atoms with Crippen molar-refractivity contribution in [3.63, 3.8) is 0 Å². The molecule has 28 heavy (non-hydrogen) atoms. The highest BCUT2D eigenvalue weighted by molar-refractivity contribution is 7.80. The van der Waals surface area contributed by atoms with Gasteiger partial charge in [-0.3, -0.25) is 19.8 Å². The molecule has 0 aromatic heterocycles. The molecule has 140 valence electrons. The molecule has 0 atom stereocenters. The number of carbonyl (C=O) groups is 2. The van der Waals surface area contributed by atoms with Crippen LogP contribution in [0.3, 0.4) is 0 Å². The minimum absolute atomic E-state index is 0.00128. The molecule has 0 bridgehead atoms. The smallest absolute Gasteiger partial charge is 0.270 e. The minimum atomic E-state index is -0.581. The number of ether oxygens (including phenoxy) is 1. The summed E-state index contributed by atoms with van der Waals surface area (Å²) in [5.41, 5.74) is 1.79. The number of thiocarbonyl (C=S) groups is 1. The first-order valence-electron chi connectivity index (χ1n) is 8.27. The lowest BCUT2D eigenvalue weighted by Gasteiger charge is -2.29. The maximum atomic E-state index is 13.0. The predicted molar refractivity (Wildman–Crippen MR) is 108 cm³/mol. The SMILES string of the molecule is O=C1NC(=S)N(c2ccc(Cl)cc2)C(=O)C1=CC1=COc2ccc(O)cc2C1. The molecule has 8 heteroatoms. The first-order chi connectivity index (χ1) is 13.4. The zero-order chi connectivity index (χ0) is 19.8. The summed E-state index contributed by atoms with van der Waals surface area (Å²) in [4.78, 5) is 26.6. The number of halogens is 1. The van der Waals surface area contributed by atoms with Gasteiger partial charge in [-0.05, 0) is 66.3 Å². The van der Waals surface area contributed by atoms with Crippen LogP contribution in [0.15, 0.2) is 65.9 Å². The molecule has 2 aliphatic rings. The van der Waals surface area contributed by atoms with Crippen LogP contribution in [-0.2, 0) is 16.0 Å². The Labute approximate surface area is 170 Å². The van der Waals surface area contributed by atoms with Crippen molar-refractivity contribution < 1.29 is 19.4 Å². The van der Waals surface area contributed by atoms with Gasteiger partial charge in [0.2, 0.25) is 0 Å². The van der Waals surface area contributed by atoms with Gasteiger partial charge in [0.25, 0.3) is 11.8 Å². The van der Waals surface area contributed by atoms with Crippen LogP contribution < -0.4 is 15.0 Å². The number of phenolic OH excluding ortho intramolecular Hbond substituents is 1. The Balaban J connectivity index is 1.66. The number of nitrogens with zero attached hydrogens (tertiary/aromatic N) is 1. The number of anilines is 1. The predicted octanol–water partition coefficient (Wildman–Crippen LogP) is 3.24. The highest BCUT2D eigenvalue weighted by Gasteiger charge is 2.34. The Bertz CT molecular complexity index is 1080. The van der Waals surface area contributed by atoms with E-state index in [1.54, 1.807) is 36.4 Å². The van der Waals surface area contributed by atoms with Gasteiger partial charge in [-0.15, -0.1) is 0 Å². The van der Waals surface area contributed by atoms with Gasteiger partial charge in [-0.2, -0.15) is 0 Å². The molecule has 2 amide bonds. The van der Waals surface area contributed by atoms with Gasteiger partial charge in [0.1, 0.15) is 17.1 Å². The minimum Gasteiger partial charge on any atom is -0.508 e. The Morgan fingerprint density at radius 1 is 1.18 bits per heavy atom. The van der Waals surface area contributed by atoms with Crippen molar-refractivity contribution in [2.45, 2.75) is 6.42 Å². The zero-order valence-corrected chi connectivity index (χ0v) is 15.9. The molecule has 1 saturated heterocycles. The van der Waals surface area contributed by atoms with Gasteiger partial charge >= 0.3 is 0 Å². The van der Waals surface area contributed by atoms with Crippen molar-refractivity contribution in [3.8, 4) is 11.5 Å². The lowest BCUT2D eigenvalue weighted by molar-refractivity contribution is -0.122. The number of carbonyl (C=O) groups excluding carboxylic acids is 2. The summed E-state index contributed by atoms with van der Waals surface area (Å²) in [6.45, 7) is 0. The van der Waals surface area contributed by atoms with Gasteiger partial charge in [0, 0.05) is 17.0 Å². The van der Waals surface area contributed by atoms with Crippen molar-refractivity contribution in [2.24, 2.45) is 0 Å². The van der Waals surface area contributed by atoms with E-state index >= 15 is 0 Å². The third-order valence-electron chi connectivity index (χ3n) is 4.29. The molecule has 2 heterocycles. The maximum Gasteiger partial charge on any atom is 0.270 e. The van der Waals surface area contributed by atoms with Crippen molar-refractivity contribution in [1.29, 1.82) is 0 Å². The van der Waals surface area contributed by atoms with E-state index in [4.69, 9.17) is 28.6 Å². The highest BCUT2D eigenvalue weighted by atomic mass is 35.5. The number of rotatable bonds is 2. The van der Waals surface area contributed by atoms with E-state index in [1.807, 2.05) is 0 Å². The summed E-state index contributed by atoms with van der Waals surface area (Å²) in [5, 5.41) is 12.7. The molecule has 0 unspecified atom stereocenters. The van der Waals surface area contributed by atoms with E-state index in [2.05, 4.69) is 5.32 Å². The standard InChI is InChI=1S/C20H13ClN2O4S/c21-13-1-3-14(4-2-13)23-19(26)16(18(25)22-20(23)28)8-11-7-12-9-15(24)5-6-17(12)27-10-11/h1-6,8-10,24H,7H2,(H,22,25,28). The summed E-state index contributed by atoms with van der Waals surface area (Å²) in [6.07, 6.45) is 3.35. The number of nitrogens with one attached hydrogen (secondary N) is 1. The Morgan fingerprint density at radius 3 is 2.68 bits per heavy atom. The number of fused-ring (bicyclic) bond motifs is 1. The molecular formula is C20H13ClN2O4S. The topological polar surface area (TPSA) is 78.9 Å². The summed E-state index contributed by atoms with van der Waals surface area (Å²) >= 11 is 11.1. The second-order valence-corrected chi connectivity index (χ2v) is 7.04. The molecule has 0 radical (unpaired) electrons. The van der Waals surface area contributed by atoms with Crippen molar-refractivity contribution in [2.75, 3.05) is 4.90 Å². The normalized spacial score (nSPS) is 17.8. The summed E-state index contributed by atoms with van der Waals surface area (Å²) in [7, 11) is 0. The van der Waals surface area contributed by atoms with E-state index < -0.39 is 11.8 Å². The fourth-order valence-electron chi connectivity index (χ4n) is 2.97. The first-order valence-corrected chi connectivity index (χ1v) is 9.05. The number of amides is 2. The monoisotopic (exact) mass is 412 g/mol. The first kappa shape index (κ1) is 18.2. The fourth-order valence-corrected chi connectivity index (χ4v) is 3.38. The zero-order valence-electron chi connectivity index (χ0n) is 14.3. The van der Waals surface area contributed by atoms with Crippen molar-refractivity contribution in [1.82, 2.24) is 5.32 Å². The number of allylic oxidation sites excluding steroid dienone is 2. The van der Waals surface area contributed by atoms with Gasteiger partial charge in [0.05, 0.1) is 11.9 Å². The Kier molecular flexibility index (Phi) is 4.62. The molecule has 2 N–H and O–H groups in total. The molecule has 0 spiro atoms. The molecule has 6 nitrogen and oxygen atoms in total. The summed E-state index contributed by atoms with van der Waals surface area (Å²) in [6, 6.07) is 11.3. The van der Waals surface area contributed by atoms with Crippen LogP contribution in [0.4, 0.5) is 5.69 Å². The molecule has 0 aliphatic carbocycles. The Hall–Kier alpha value is -3.16. The second-order valence-electron chi connectivity index (χ2n) is 6.21.